The quantitative estimate of drug-likeness (QED) is 0.556. The summed E-state index contributed by atoms with van der Waals surface area (Å²) in [7, 11) is 0. The number of carbonyl (C=O) groups is 2. The number of rotatable bonds is 8. The van der Waals surface area contributed by atoms with Crippen LogP contribution in [0, 0.1) is 0 Å². The van der Waals surface area contributed by atoms with Crippen molar-refractivity contribution in [3.05, 3.63) is 78.4 Å². The number of nitrogens with zero attached hydrogens (tertiary/aromatic N) is 3. The molecule has 0 unspecified atom stereocenters. The van der Waals surface area contributed by atoms with Crippen LogP contribution in [0.15, 0.2) is 67.1 Å². The summed E-state index contributed by atoms with van der Waals surface area (Å²) in [5, 5.41) is 8.64. The summed E-state index contributed by atoms with van der Waals surface area (Å²) in [5.41, 5.74) is 1.87. The summed E-state index contributed by atoms with van der Waals surface area (Å²) >= 11 is 0. The molecule has 0 aliphatic heterocycles. The first kappa shape index (κ1) is 19.0. The van der Waals surface area contributed by atoms with E-state index < -0.39 is 0 Å². The zero-order chi connectivity index (χ0) is 19.6. The van der Waals surface area contributed by atoms with Crippen LogP contribution in [0.3, 0.4) is 0 Å². The van der Waals surface area contributed by atoms with Crippen LogP contribution in [0.4, 0.5) is 11.6 Å². The highest BCUT2D eigenvalue weighted by Gasteiger charge is 2.07. The van der Waals surface area contributed by atoms with Crippen LogP contribution in [-0.4, -0.2) is 33.3 Å². The summed E-state index contributed by atoms with van der Waals surface area (Å²) in [6.45, 7) is 0.810. The Morgan fingerprint density at radius 2 is 1.71 bits per heavy atom. The Bertz CT molecular complexity index is 918. The van der Waals surface area contributed by atoms with E-state index >= 15 is 0 Å². The monoisotopic (exact) mass is 376 g/mol. The highest BCUT2D eigenvalue weighted by molar-refractivity contribution is 6.02. The van der Waals surface area contributed by atoms with Crippen LogP contribution in [0.2, 0.25) is 0 Å². The maximum atomic E-state index is 12.2. The van der Waals surface area contributed by atoms with Crippen LogP contribution in [-0.2, 0) is 11.3 Å². The predicted octanol–water partition coefficient (Wildman–Crippen LogP) is 2.24. The van der Waals surface area contributed by atoms with Crippen LogP contribution in [0.1, 0.15) is 22.5 Å². The first-order valence-corrected chi connectivity index (χ1v) is 8.79. The molecule has 28 heavy (non-hydrogen) atoms. The van der Waals surface area contributed by atoms with Gasteiger partial charge in [-0.25, -0.2) is 9.97 Å². The number of nitrogens with one attached hydrogen (secondary N) is 3. The molecule has 0 fully saturated rings. The molecule has 0 aliphatic rings. The van der Waals surface area contributed by atoms with Gasteiger partial charge in [-0.3, -0.25) is 14.6 Å². The summed E-state index contributed by atoms with van der Waals surface area (Å²) in [4.78, 5) is 36.2. The third-order valence-electron chi connectivity index (χ3n) is 3.77. The molecule has 0 saturated carbocycles. The third-order valence-corrected chi connectivity index (χ3v) is 3.77. The van der Waals surface area contributed by atoms with Crippen molar-refractivity contribution < 1.29 is 9.59 Å². The number of amides is 2. The van der Waals surface area contributed by atoms with E-state index in [1.165, 1.54) is 0 Å². The fourth-order valence-electron chi connectivity index (χ4n) is 2.42. The van der Waals surface area contributed by atoms with E-state index in [9.17, 15) is 9.59 Å². The van der Waals surface area contributed by atoms with Gasteiger partial charge < -0.3 is 16.0 Å². The van der Waals surface area contributed by atoms with Crippen molar-refractivity contribution >= 4 is 23.5 Å². The highest BCUT2D eigenvalue weighted by atomic mass is 16.2. The molecule has 2 amide bonds. The van der Waals surface area contributed by atoms with Crippen molar-refractivity contribution in [3.8, 4) is 0 Å². The highest BCUT2D eigenvalue weighted by Crippen LogP contribution is 2.12. The molecule has 0 aliphatic carbocycles. The van der Waals surface area contributed by atoms with Gasteiger partial charge in [0.05, 0.1) is 0 Å². The molecule has 0 atom stereocenters. The Labute approximate surface area is 162 Å². The summed E-state index contributed by atoms with van der Waals surface area (Å²) in [5.74, 6) is 0.119. The molecule has 0 radical (unpaired) electrons. The second-order valence-corrected chi connectivity index (χ2v) is 5.90. The molecule has 3 N–H and O–H groups in total. The summed E-state index contributed by atoms with van der Waals surface area (Å²) in [6.07, 6.45) is 5.14. The average molecular weight is 376 g/mol. The molecular weight excluding hydrogens is 356 g/mol. The molecule has 8 nitrogen and oxygen atoms in total. The van der Waals surface area contributed by atoms with Gasteiger partial charge in [0, 0.05) is 43.8 Å². The number of hydrogen-bond acceptors (Lipinski definition) is 6. The van der Waals surface area contributed by atoms with E-state index in [4.69, 9.17) is 0 Å². The minimum atomic E-state index is -0.281. The molecule has 0 bridgehead atoms. The van der Waals surface area contributed by atoms with Crippen LogP contribution in [0.5, 0.6) is 0 Å². The Hall–Kier alpha value is -3.81. The average Bonchev–Trinajstić information content (AvgIpc) is 2.74. The lowest BCUT2D eigenvalue weighted by Gasteiger charge is -2.09. The molecule has 0 spiro atoms. The van der Waals surface area contributed by atoms with Crippen LogP contribution >= 0.6 is 0 Å². The minimum absolute atomic E-state index is 0.0913. The molecule has 1 aromatic carbocycles. The third kappa shape index (κ3) is 5.87. The van der Waals surface area contributed by atoms with Crippen molar-refractivity contribution in [1.82, 2.24) is 20.3 Å². The number of carbonyl (C=O) groups excluding carboxylic acids is 2. The minimum Gasteiger partial charge on any atom is -0.354 e. The molecule has 0 saturated heterocycles. The fourth-order valence-corrected chi connectivity index (χ4v) is 2.42. The lowest BCUT2D eigenvalue weighted by Crippen LogP contribution is -2.25. The molecule has 2 heterocycles. The van der Waals surface area contributed by atoms with Gasteiger partial charge >= 0.3 is 0 Å². The number of hydrogen-bond donors (Lipinski definition) is 3. The van der Waals surface area contributed by atoms with E-state index in [-0.39, 0.29) is 11.8 Å². The van der Waals surface area contributed by atoms with Crippen molar-refractivity contribution in [3.63, 3.8) is 0 Å². The zero-order valence-electron chi connectivity index (χ0n) is 15.1. The van der Waals surface area contributed by atoms with Gasteiger partial charge in [0.25, 0.3) is 5.91 Å². The molecular formula is C20H20N6O2. The maximum Gasteiger partial charge on any atom is 0.274 e. The van der Waals surface area contributed by atoms with Gasteiger partial charge in [-0.1, -0.05) is 18.2 Å². The lowest BCUT2D eigenvalue weighted by atomic mass is 10.2. The normalized spacial score (nSPS) is 10.1. The first-order valence-electron chi connectivity index (χ1n) is 8.79. The van der Waals surface area contributed by atoms with Crippen molar-refractivity contribution in [2.75, 3.05) is 17.2 Å². The van der Waals surface area contributed by atoms with Crippen molar-refractivity contribution in [2.24, 2.45) is 0 Å². The lowest BCUT2D eigenvalue weighted by molar-refractivity contribution is -0.121. The Morgan fingerprint density at radius 1 is 0.893 bits per heavy atom. The van der Waals surface area contributed by atoms with Gasteiger partial charge in [0.1, 0.15) is 5.69 Å². The largest absolute Gasteiger partial charge is 0.354 e. The molecule has 142 valence electrons. The van der Waals surface area contributed by atoms with Gasteiger partial charge in [-0.15, -0.1) is 0 Å². The smallest absolute Gasteiger partial charge is 0.274 e. The fraction of sp³-hybridized carbons (Fsp3) is 0.150. The van der Waals surface area contributed by atoms with E-state index in [0.29, 0.717) is 36.8 Å². The van der Waals surface area contributed by atoms with Crippen LogP contribution < -0.4 is 16.0 Å². The van der Waals surface area contributed by atoms with Crippen molar-refractivity contribution in [2.45, 2.75) is 13.0 Å². The molecule has 2 aromatic heterocycles. The number of benzene rings is 1. The van der Waals surface area contributed by atoms with E-state index in [1.54, 1.807) is 48.9 Å². The van der Waals surface area contributed by atoms with E-state index in [1.807, 2.05) is 18.2 Å². The topological polar surface area (TPSA) is 109 Å². The Morgan fingerprint density at radius 3 is 2.50 bits per heavy atom. The van der Waals surface area contributed by atoms with Gasteiger partial charge in [0.15, 0.2) is 0 Å². The predicted molar refractivity (Wildman–Crippen MR) is 106 cm³/mol. The molecule has 3 aromatic rings. The van der Waals surface area contributed by atoms with Gasteiger partial charge in [-0.2, -0.15) is 0 Å². The number of aromatic nitrogens is 3. The van der Waals surface area contributed by atoms with E-state index in [0.717, 1.165) is 5.56 Å². The second kappa shape index (κ2) is 9.77. The standard InChI is InChI=1S/C20H20N6O2/c27-18(8-12-24-20-22-10-4-11-23-20)25-14-15-5-3-6-16(13-15)26-19(28)17-7-1-2-9-21-17/h1-7,9-11,13H,8,12,14H2,(H,25,27)(H,26,28)(H,22,23,24). The molecule has 3 rings (SSSR count). The number of anilines is 2. The first-order chi connectivity index (χ1) is 13.7. The SMILES string of the molecule is O=C(CCNc1ncccn1)NCc1cccc(NC(=O)c2ccccn2)c1. The molecule has 8 heteroatoms. The summed E-state index contributed by atoms with van der Waals surface area (Å²) in [6, 6.07) is 14.2. The Kier molecular flexibility index (Phi) is 6.62. The zero-order valence-corrected chi connectivity index (χ0v) is 15.1. The van der Waals surface area contributed by atoms with E-state index in [2.05, 4.69) is 30.9 Å². The van der Waals surface area contributed by atoms with Crippen LogP contribution in [0.25, 0.3) is 0 Å². The Balaban J connectivity index is 1.45. The second-order valence-electron chi connectivity index (χ2n) is 5.90. The number of pyridine rings is 1. The van der Waals surface area contributed by atoms with Crippen molar-refractivity contribution in [1.29, 1.82) is 0 Å². The summed E-state index contributed by atoms with van der Waals surface area (Å²) < 4.78 is 0. The van der Waals surface area contributed by atoms with Gasteiger partial charge in [-0.05, 0) is 35.9 Å². The van der Waals surface area contributed by atoms with Gasteiger partial charge in [0.2, 0.25) is 11.9 Å². The maximum absolute atomic E-state index is 12.2.